The molecule has 0 saturated carbocycles. The van der Waals surface area contributed by atoms with Gasteiger partial charge in [0.1, 0.15) is 18.1 Å². The Morgan fingerprint density at radius 2 is 1.83 bits per heavy atom. The Morgan fingerprint density at radius 1 is 1.17 bits per heavy atom. The van der Waals surface area contributed by atoms with Crippen molar-refractivity contribution in [1.82, 2.24) is 25.6 Å². The zero-order valence-corrected chi connectivity index (χ0v) is 26.3. The molecule has 0 aromatic carbocycles. The number of thiocarbonyl (C=S) groups is 1. The van der Waals surface area contributed by atoms with Gasteiger partial charge in [-0.2, -0.15) is 0 Å². The number of carbonyl (C=O) groups excluding carboxylic acids is 5. The smallest absolute Gasteiger partial charge is 0.324 e. The second kappa shape index (κ2) is 14.9. The van der Waals surface area contributed by atoms with Gasteiger partial charge in [0.25, 0.3) is 5.91 Å². The van der Waals surface area contributed by atoms with E-state index >= 15 is 0 Å². The number of hydrazine groups is 1. The maximum Gasteiger partial charge on any atom is 0.324 e. The summed E-state index contributed by atoms with van der Waals surface area (Å²) in [6, 6.07) is -2.66. The minimum atomic E-state index is -1.09. The number of ether oxygens (including phenoxy) is 1. The number of hydrogen-bond acceptors (Lipinski definition) is 8. The van der Waals surface area contributed by atoms with Crippen molar-refractivity contribution < 1.29 is 28.7 Å². The van der Waals surface area contributed by atoms with E-state index in [4.69, 9.17) is 22.7 Å². The number of likely N-dealkylation sites (tertiary alicyclic amines) is 1. The van der Waals surface area contributed by atoms with Gasteiger partial charge in [-0.05, 0) is 37.0 Å². The van der Waals surface area contributed by atoms with E-state index in [0.717, 1.165) is 6.42 Å². The van der Waals surface area contributed by atoms with Crippen molar-refractivity contribution in [3.05, 3.63) is 0 Å². The first-order valence-electron chi connectivity index (χ1n) is 14.4. The zero-order valence-electron chi connectivity index (χ0n) is 25.5. The predicted molar refractivity (Wildman–Crippen MR) is 158 cm³/mol. The van der Waals surface area contributed by atoms with Crippen molar-refractivity contribution in [1.29, 1.82) is 0 Å². The van der Waals surface area contributed by atoms with Gasteiger partial charge >= 0.3 is 5.97 Å². The summed E-state index contributed by atoms with van der Waals surface area (Å²) in [5.74, 6) is -2.42. The molecule has 0 aliphatic carbocycles. The van der Waals surface area contributed by atoms with Crippen LogP contribution in [0.5, 0.6) is 0 Å². The Hall–Kier alpha value is -2.80. The van der Waals surface area contributed by atoms with Gasteiger partial charge < -0.3 is 25.6 Å². The van der Waals surface area contributed by atoms with Gasteiger partial charge in [0, 0.05) is 40.0 Å². The van der Waals surface area contributed by atoms with Crippen LogP contribution >= 0.6 is 12.2 Å². The van der Waals surface area contributed by atoms with Gasteiger partial charge in [0.2, 0.25) is 17.7 Å². The fourth-order valence-electron chi connectivity index (χ4n) is 5.03. The van der Waals surface area contributed by atoms with Crippen LogP contribution in [-0.4, -0.2) is 101 Å². The van der Waals surface area contributed by atoms with E-state index < -0.39 is 41.8 Å². The summed E-state index contributed by atoms with van der Waals surface area (Å²) >= 11 is 5.07. The van der Waals surface area contributed by atoms with Crippen molar-refractivity contribution in [3.8, 4) is 0 Å². The van der Waals surface area contributed by atoms with Crippen LogP contribution in [0.2, 0.25) is 0 Å². The van der Waals surface area contributed by atoms with Crippen molar-refractivity contribution in [2.45, 2.75) is 91.8 Å². The SMILES string of the molecule is CCC(C)(C)COC(=O)[C@@H]1CCCN(C(=O)[C@H](CC(N)=S)NC(=O)[C@H](C(C)C)N(C)C(=O)[C@H]2CCN(C(C)=O)C2)N1. The van der Waals surface area contributed by atoms with Gasteiger partial charge in [-0.1, -0.05) is 46.8 Å². The molecule has 2 aliphatic heterocycles. The molecule has 41 heavy (non-hydrogen) atoms. The molecule has 0 radical (unpaired) electrons. The van der Waals surface area contributed by atoms with Crippen LogP contribution in [0, 0.1) is 17.3 Å². The quantitative estimate of drug-likeness (QED) is 0.221. The molecule has 4 N–H and O–H groups in total. The molecule has 2 fully saturated rings. The molecule has 0 spiro atoms. The van der Waals surface area contributed by atoms with Crippen LogP contribution in [0.15, 0.2) is 0 Å². The van der Waals surface area contributed by atoms with Crippen molar-refractivity contribution in [2.24, 2.45) is 23.0 Å². The predicted octanol–water partition coefficient (Wildman–Crippen LogP) is 0.974. The van der Waals surface area contributed by atoms with Crippen LogP contribution in [0.25, 0.3) is 0 Å². The van der Waals surface area contributed by atoms with E-state index in [1.54, 1.807) is 11.9 Å². The molecule has 2 rings (SSSR count). The number of nitrogens with two attached hydrogens (primary N) is 1. The lowest BCUT2D eigenvalue weighted by Crippen LogP contribution is -2.62. The molecule has 13 heteroatoms. The third-order valence-corrected chi connectivity index (χ3v) is 8.13. The summed E-state index contributed by atoms with van der Waals surface area (Å²) in [4.78, 5) is 67.9. The fourth-order valence-corrected chi connectivity index (χ4v) is 5.20. The number of nitrogens with zero attached hydrogens (tertiary/aromatic N) is 3. The zero-order chi connectivity index (χ0) is 31.1. The van der Waals surface area contributed by atoms with E-state index in [9.17, 15) is 24.0 Å². The van der Waals surface area contributed by atoms with E-state index in [0.29, 0.717) is 38.9 Å². The van der Waals surface area contributed by atoms with Gasteiger partial charge in [-0.3, -0.25) is 29.0 Å². The maximum atomic E-state index is 13.6. The summed E-state index contributed by atoms with van der Waals surface area (Å²) in [6.45, 7) is 12.6. The molecular weight excluding hydrogens is 548 g/mol. The minimum absolute atomic E-state index is 0.0409. The molecule has 232 valence electrons. The van der Waals surface area contributed by atoms with Crippen LogP contribution in [0.3, 0.4) is 0 Å². The lowest BCUT2D eigenvalue weighted by Gasteiger charge is -2.36. The molecule has 4 amide bonds. The average molecular weight is 597 g/mol. The average Bonchev–Trinajstić information content (AvgIpc) is 3.41. The van der Waals surface area contributed by atoms with E-state index in [1.807, 2.05) is 34.6 Å². The third-order valence-electron chi connectivity index (χ3n) is 7.97. The highest BCUT2D eigenvalue weighted by atomic mass is 32.1. The molecular formula is C28H48N6O6S. The van der Waals surface area contributed by atoms with Crippen LogP contribution in [0.4, 0.5) is 0 Å². The summed E-state index contributed by atoms with van der Waals surface area (Å²) < 4.78 is 5.51. The number of amides is 4. The second-order valence-corrected chi connectivity index (χ2v) is 12.8. The van der Waals surface area contributed by atoms with Gasteiger partial charge in [0.15, 0.2) is 0 Å². The maximum absolute atomic E-state index is 13.6. The van der Waals surface area contributed by atoms with E-state index in [1.165, 1.54) is 16.8 Å². The number of carbonyl (C=O) groups is 5. The van der Waals surface area contributed by atoms with Crippen molar-refractivity contribution >= 4 is 46.8 Å². The number of esters is 1. The molecule has 0 aromatic rings. The van der Waals surface area contributed by atoms with E-state index in [2.05, 4.69) is 10.7 Å². The first-order chi connectivity index (χ1) is 19.1. The monoisotopic (exact) mass is 596 g/mol. The molecule has 12 nitrogen and oxygen atoms in total. The number of likely N-dealkylation sites (N-methyl/N-ethyl adjacent to an activating group) is 1. The lowest BCUT2D eigenvalue weighted by atomic mass is 9.92. The molecule has 0 aromatic heterocycles. The summed E-state index contributed by atoms with van der Waals surface area (Å²) in [7, 11) is 1.57. The highest BCUT2D eigenvalue weighted by Gasteiger charge is 2.39. The fraction of sp³-hybridized carbons (Fsp3) is 0.786. The van der Waals surface area contributed by atoms with Gasteiger partial charge in [0.05, 0.1) is 17.5 Å². The normalized spacial score (nSPS) is 20.8. The Bertz CT molecular complexity index is 1000. The Labute approximate surface area is 249 Å². The third kappa shape index (κ3) is 9.63. The molecule has 2 saturated heterocycles. The number of rotatable bonds is 12. The highest BCUT2D eigenvalue weighted by molar-refractivity contribution is 7.80. The standard InChI is InChI=1S/C28H48N6O6S/c1-8-28(5,6)16-40-27(39)20-10-9-12-34(31-20)26(38)21(14-22(29)41)30-24(36)23(17(2)3)32(7)25(37)19-11-13-33(15-19)18(4)35/h17,19-21,23,31H,8-16H2,1-7H3,(H2,29,41)(H,30,36)/t19-,20-,21-,23-/m0/s1. The first kappa shape index (κ1) is 34.4. The molecule has 2 aliphatic rings. The highest BCUT2D eigenvalue weighted by Crippen LogP contribution is 2.23. The van der Waals surface area contributed by atoms with Crippen LogP contribution in [0.1, 0.15) is 73.6 Å². The Morgan fingerprint density at radius 3 is 2.37 bits per heavy atom. The topological polar surface area (TPSA) is 154 Å². The molecule has 0 unspecified atom stereocenters. The van der Waals surface area contributed by atoms with E-state index in [-0.39, 0.29) is 41.2 Å². The van der Waals surface area contributed by atoms with Crippen LogP contribution in [-0.2, 0) is 28.7 Å². The van der Waals surface area contributed by atoms with Gasteiger partial charge in [-0.25, -0.2) is 5.43 Å². The largest absolute Gasteiger partial charge is 0.464 e. The minimum Gasteiger partial charge on any atom is -0.464 e. The first-order valence-corrected chi connectivity index (χ1v) is 14.8. The Balaban J connectivity index is 2.12. The second-order valence-electron chi connectivity index (χ2n) is 12.3. The van der Waals surface area contributed by atoms with Crippen LogP contribution < -0.4 is 16.5 Å². The number of nitrogens with one attached hydrogen (secondary N) is 2. The van der Waals surface area contributed by atoms with Crippen molar-refractivity contribution in [2.75, 3.05) is 33.3 Å². The summed E-state index contributed by atoms with van der Waals surface area (Å²) in [5.41, 5.74) is 8.59. The lowest BCUT2D eigenvalue weighted by molar-refractivity contribution is -0.155. The van der Waals surface area contributed by atoms with Gasteiger partial charge in [-0.15, -0.1) is 0 Å². The molecule has 0 bridgehead atoms. The molecule has 2 heterocycles. The summed E-state index contributed by atoms with van der Waals surface area (Å²) in [5, 5.41) is 4.08. The summed E-state index contributed by atoms with van der Waals surface area (Å²) in [6.07, 6.45) is 2.35. The number of hydrogen-bond donors (Lipinski definition) is 3. The van der Waals surface area contributed by atoms with Crippen molar-refractivity contribution in [3.63, 3.8) is 0 Å². The molecule has 4 atom stereocenters. The Kier molecular flexibility index (Phi) is 12.5.